The average molecular weight is 325 g/mol. The molecule has 0 aliphatic carbocycles. The van der Waals surface area contributed by atoms with Crippen LogP contribution in [0.1, 0.15) is 29.7 Å². The molecule has 0 heterocycles. The number of nitrogens with one attached hydrogen (secondary N) is 1. The lowest BCUT2D eigenvalue weighted by Crippen LogP contribution is -2.20. The lowest BCUT2D eigenvalue weighted by atomic mass is 10.0. The maximum absolute atomic E-state index is 13.9. The second kappa shape index (κ2) is 7.99. The van der Waals surface area contributed by atoms with Crippen molar-refractivity contribution in [3.63, 3.8) is 0 Å². The van der Waals surface area contributed by atoms with Gasteiger partial charge in [-0.25, -0.2) is 4.39 Å². The van der Waals surface area contributed by atoms with Gasteiger partial charge in [-0.05, 0) is 30.2 Å². The van der Waals surface area contributed by atoms with Gasteiger partial charge in [0, 0.05) is 18.2 Å². The molecule has 6 heteroatoms. The van der Waals surface area contributed by atoms with Crippen LogP contribution in [-0.4, -0.2) is 11.7 Å². The topological polar surface area (TPSA) is 41.5 Å². The zero-order valence-electron chi connectivity index (χ0n) is 12.6. The molecule has 2 aromatic carbocycles. The van der Waals surface area contributed by atoms with Gasteiger partial charge in [-0.15, -0.1) is 0 Å². The van der Waals surface area contributed by atoms with Crippen LogP contribution in [0.25, 0.3) is 0 Å². The molecular weight excluding hydrogens is 307 g/mol. The summed E-state index contributed by atoms with van der Waals surface area (Å²) >= 11 is 0. The highest BCUT2D eigenvalue weighted by Gasteiger charge is 2.15. The molecule has 0 saturated carbocycles. The molecule has 2 rings (SSSR count). The Kier molecular flexibility index (Phi) is 6.01. The first-order valence-electron chi connectivity index (χ1n) is 7.16. The van der Waals surface area contributed by atoms with Crippen LogP contribution in [0.2, 0.25) is 0 Å². The van der Waals surface area contributed by atoms with Crippen LogP contribution in [0.15, 0.2) is 42.5 Å². The number of hydrogen-bond donors (Lipinski definition) is 2. The van der Waals surface area contributed by atoms with E-state index >= 15 is 0 Å². The summed E-state index contributed by atoms with van der Waals surface area (Å²) < 4.78 is 43.0. The molecule has 0 aromatic heterocycles. The van der Waals surface area contributed by atoms with E-state index < -0.39 is 12.4 Å². The molecule has 0 aliphatic rings. The Bertz CT molecular complexity index is 649. The molecule has 0 aliphatic heterocycles. The number of benzene rings is 2. The fraction of sp³-hybridized carbons (Fsp3) is 0.294. The van der Waals surface area contributed by atoms with E-state index in [-0.39, 0.29) is 30.5 Å². The van der Waals surface area contributed by atoms with Crippen molar-refractivity contribution >= 4 is 0 Å². The smallest absolute Gasteiger partial charge is 0.387 e. The number of hydrogen-bond acceptors (Lipinski definition) is 3. The SMILES string of the molecule is CC(NCc1c(F)cccc1OC(F)F)c1cccc(CO)c1. The van der Waals surface area contributed by atoms with Crippen molar-refractivity contribution in [1.82, 2.24) is 5.32 Å². The van der Waals surface area contributed by atoms with Gasteiger partial charge in [0.25, 0.3) is 0 Å². The van der Waals surface area contributed by atoms with Gasteiger partial charge in [0.05, 0.1) is 6.61 Å². The summed E-state index contributed by atoms with van der Waals surface area (Å²) in [6.45, 7) is -1.17. The third-order valence-electron chi connectivity index (χ3n) is 3.51. The summed E-state index contributed by atoms with van der Waals surface area (Å²) in [5.41, 5.74) is 1.73. The number of alkyl halides is 2. The molecule has 1 atom stereocenters. The lowest BCUT2D eigenvalue weighted by Gasteiger charge is -2.17. The number of aliphatic hydroxyl groups excluding tert-OH is 1. The minimum Gasteiger partial charge on any atom is -0.434 e. The van der Waals surface area contributed by atoms with Crippen LogP contribution < -0.4 is 10.1 Å². The number of ether oxygens (including phenoxy) is 1. The zero-order chi connectivity index (χ0) is 16.8. The highest BCUT2D eigenvalue weighted by Crippen LogP contribution is 2.24. The van der Waals surface area contributed by atoms with E-state index in [1.165, 1.54) is 18.2 Å². The molecule has 0 saturated heterocycles. The molecule has 0 fully saturated rings. The molecule has 1 unspecified atom stereocenters. The summed E-state index contributed by atoms with van der Waals surface area (Å²) in [5, 5.41) is 12.2. The predicted molar refractivity (Wildman–Crippen MR) is 80.7 cm³/mol. The van der Waals surface area contributed by atoms with E-state index in [9.17, 15) is 13.2 Å². The summed E-state index contributed by atoms with van der Waals surface area (Å²) in [7, 11) is 0. The van der Waals surface area contributed by atoms with Gasteiger partial charge in [0.15, 0.2) is 0 Å². The first-order chi connectivity index (χ1) is 11.0. The third-order valence-corrected chi connectivity index (χ3v) is 3.51. The predicted octanol–water partition coefficient (Wildman–Crippen LogP) is 3.77. The molecule has 2 N–H and O–H groups in total. The average Bonchev–Trinajstić information content (AvgIpc) is 2.53. The minimum absolute atomic E-state index is 0.0409. The zero-order valence-corrected chi connectivity index (χ0v) is 12.6. The maximum atomic E-state index is 13.9. The van der Waals surface area contributed by atoms with Gasteiger partial charge < -0.3 is 15.2 Å². The molecule has 2 aromatic rings. The van der Waals surface area contributed by atoms with E-state index in [0.717, 1.165) is 11.1 Å². The first-order valence-corrected chi connectivity index (χ1v) is 7.16. The number of aliphatic hydroxyl groups is 1. The standard InChI is InChI=1S/C17H18F3NO2/c1-11(13-5-2-4-12(8-13)10-22)21-9-14-15(18)6-3-7-16(14)23-17(19)20/h2-8,11,17,21-22H,9-10H2,1H3. The van der Waals surface area contributed by atoms with Crippen molar-refractivity contribution in [3.8, 4) is 5.75 Å². The normalized spacial score (nSPS) is 12.4. The molecular formula is C17H18F3NO2. The van der Waals surface area contributed by atoms with E-state index in [4.69, 9.17) is 5.11 Å². The van der Waals surface area contributed by atoms with Crippen LogP contribution in [0.5, 0.6) is 5.75 Å². The Hall–Kier alpha value is -2.05. The highest BCUT2D eigenvalue weighted by molar-refractivity contribution is 5.35. The van der Waals surface area contributed by atoms with Crippen LogP contribution in [-0.2, 0) is 13.2 Å². The summed E-state index contributed by atoms with van der Waals surface area (Å²) in [4.78, 5) is 0. The molecule has 124 valence electrons. The Morgan fingerprint density at radius 1 is 1.17 bits per heavy atom. The molecule has 0 amide bonds. The number of halogens is 3. The van der Waals surface area contributed by atoms with Crippen LogP contribution in [0.3, 0.4) is 0 Å². The highest BCUT2D eigenvalue weighted by atomic mass is 19.3. The van der Waals surface area contributed by atoms with Crippen molar-refractivity contribution < 1.29 is 23.0 Å². The van der Waals surface area contributed by atoms with Crippen molar-refractivity contribution in [2.45, 2.75) is 32.7 Å². The van der Waals surface area contributed by atoms with Gasteiger partial charge >= 0.3 is 6.61 Å². The van der Waals surface area contributed by atoms with Gasteiger partial charge in [-0.1, -0.05) is 30.3 Å². The van der Waals surface area contributed by atoms with Crippen molar-refractivity contribution in [1.29, 1.82) is 0 Å². The van der Waals surface area contributed by atoms with Gasteiger partial charge in [-0.2, -0.15) is 8.78 Å². The van der Waals surface area contributed by atoms with Gasteiger partial charge in [-0.3, -0.25) is 0 Å². The molecule has 0 radical (unpaired) electrons. The Balaban J connectivity index is 2.10. The Morgan fingerprint density at radius 2 is 1.91 bits per heavy atom. The summed E-state index contributed by atoms with van der Waals surface area (Å²) in [6.07, 6.45) is 0. The second-order valence-corrected chi connectivity index (χ2v) is 5.10. The van der Waals surface area contributed by atoms with E-state index in [2.05, 4.69) is 10.1 Å². The lowest BCUT2D eigenvalue weighted by molar-refractivity contribution is -0.0507. The number of rotatable bonds is 7. The van der Waals surface area contributed by atoms with Crippen molar-refractivity contribution in [2.75, 3.05) is 0 Å². The molecule has 0 bridgehead atoms. The quantitative estimate of drug-likeness (QED) is 0.814. The summed E-state index contributed by atoms with van der Waals surface area (Å²) in [5.74, 6) is -0.782. The monoisotopic (exact) mass is 325 g/mol. The minimum atomic E-state index is -3.01. The second-order valence-electron chi connectivity index (χ2n) is 5.10. The Labute approximate surface area is 132 Å². The molecule has 0 spiro atoms. The van der Waals surface area contributed by atoms with E-state index in [0.29, 0.717) is 0 Å². The van der Waals surface area contributed by atoms with E-state index in [1.54, 1.807) is 6.07 Å². The summed E-state index contributed by atoms with van der Waals surface area (Å²) in [6, 6.07) is 11.0. The largest absolute Gasteiger partial charge is 0.434 e. The van der Waals surface area contributed by atoms with Gasteiger partial charge in [0.2, 0.25) is 0 Å². The maximum Gasteiger partial charge on any atom is 0.387 e. The third kappa shape index (κ3) is 4.71. The molecule has 3 nitrogen and oxygen atoms in total. The van der Waals surface area contributed by atoms with Crippen LogP contribution in [0, 0.1) is 5.82 Å². The van der Waals surface area contributed by atoms with Crippen molar-refractivity contribution in [3.05, 3.63) is 65.0 Å². The molecule has 23 heavy (non-hydrogen) atoms. The van der Waals surface area contributed by atoms with E-state index in [1.807, 2.05) is 25.1 Å². The fourth-order valence-corrected chi connectivity index (χ4v) is 2.25. The fourth-order valence-electron chi connectivity index (χ4n) is 2.25. The van der Waals surface area contributed by atoms with Crippen molar-refractivity contribution in [2.24, 2.45) is 0 Å². The van der Waals surface area contributed by atoms with Crippen LogP contribution in [0.4, 0.5) is 13.2 Å². The van der Waals surface area contributed by atoms with Crippen LogP contribution >= 0.6 is 0 Å². The van der Waals surface area contributed by atoms with Gasteiger partial charge in [0.1, 0.15) is 11.6 Å². The Morgan fingerprint density at radius 3 is 2.61 bits per heavy atom. The first kappa shape index (κ1) is 17.3.